The predicted octanol–water partition coefficient (Wildman–Crippen LogP) is 6.10. The van der Waals surface area contributed by atoms with Crippen LogP contribution >= 0.6 is 11.9 Å². The SMILES string of the molecule is CCCCC1CN(c2ccccc2)c2cc(OC)c(O/C=C(\F)C(=O)OCC)cc2SN1C. The molecule has 0 bridgehead atoms. The Balaban J connectivity index is 2.01. The fourth-order valence-electron chi connectivity index (χ4n) is 3.65. The molecule has 0 N–H and O–H groups in total. The van der Waals surface area contributed by atoms with Crippen LogP contribution in [-0.4, -0.2) is 43.6 Å². The van der Waals surface area contributed by atoms with Crippen LogP contribution in [0.1, 0.15) is 33.1 Å². The first-order chi connectivity index (χ1) is 16.0. The van der Waals surface area contributed by atoms with Crippen molar-refractivity contribution in [3.8, 4) is 11.5 Å². The van der Waals surface area contributed by atoms with Gasteiger partial charge in [0.25, 0.3) is 0 Å². The third-order valence-electron chi connectivity index (χ3n) is 5.40. The van der Waals surface area contributed by atoms with Gasteiger partial charge in [0, 0.05) is 30.4 Å². The second-order valence-corrected chi connectivity index (χ2v) is 8.85. The Morgan fingerprint density at radius 2 is 1.97 bits per heavy atom. The zero-order valence-electron chi connectivity index (χ0n) is 19.5. The first-order valence-corrected chi connectivity index (χ1v) is 11.9. The van der Waals surface area contributed by atoms with Gasteiger partial charge in [0.05, 0.1) is 24.3 Å². The number of likely N-dealkylation sites (N-methyl/N-ethyl adjacent to an activating group) is 1. The molecule has 1 aliphatic heterocycles. The number of hydrogen-bond donors (Lipinski definition) is 0. The number of carbonyl (C=O) groups excluding carboxylic acids is 1. The van der Waals surface area contributed by atoms with Gasteiger partial charge >= 0.3 is 5.97 Å². The molecule has 1 unspecified atom stereocenters. The van der Waals surface area contributed by atoms with Gasteiger partial charge in [-0.25, -0.2) is 9.10 Å². The summed E-state index contributed by atoms with van der Waals surface area (Å²) in [6.07, 6.45) is 4.11. The lowest BCUT2D eigenvalue weighted by Gasteiger charge is -2.30. The molecule has 1 heterocycles. The highest BCUT2D eigenvalue weighted by atomic mass is 32.2. The second-order valence-electron chi connectivity index (χ2n) is 7.65. The third-order valence-corrected chi connectivity index (χ3v) is 6.51. The number of para-hydroxylation sites is 1. The molecule has 178 valence electrons. The Bertz CT molecular complexity index is 970. The molecule has 8 heteroatoms. The van der Waals surface area contributed by atoms with E-state index in [1.165, 1.54) is 7.11 Å². The van der Waals surface area contributed by atoms with Crippen molar-refractivity contribution in [1.82, 2.24) is 4.31 Å². The molecule has 0 saturated heterocycles. The van der Waals surface area contributed by atoms with Gasteiger partial charge in [0.2, 0.25) is 5.83 Å². The number of hydrogen-bond acceptors (Lipinski definition) is 7. The van der Waals surface area contributed by atoms with Crippen molar-refractivity contribution in [3.05, 3.63) is 54.6 Å². The summed E-state index contributed by atoms with van der Waals surface area (Å²) in [6, 6.07) is 14.3. The summed E-state index contributed by atoms with van der Waals surface area (Å²) >= 11 is 1.62. The third kappa shape index (κ3) is 6.21. The maximum Gasteiger partial charge on any atom is 0.370 e. The number of carbonyl (C=O) groups is 1. The molecule has 3 rings (SSSR count). The number of rotatable bonds is 9. The molecule has 0 aliphatic carbocycles. The minimum absolute atomic E-state index is 0.0831. The molecule has 0 radical (unpaired) electrons. The molecule has 0 amide bonds. The predicted molar refractivity (Wildman–Crippen MR) is 130 cm³/mol. The summed E-state index contributed by atoms with van der Waals surface area (Å²) in [7, 11) is 3.63. The van der Waals surface area contributed by atoms with Gasteiger partial charge < -0.3 is 19.1 Å². The Labute approximate surface area is 199 Å². The Kier molecular flexibility index (Phi) is 9.03. The van der Waals surface area contributed by atoms with Crippen LogP contribution in [0.5, 0.6) is 11.5 Å². The number of methoxy groups -OCH3 is 1. The number of ether oxygens (including phenoxy) is 3. The lowest BCUT2D eigenvalue weighted by Crippen LogP contribution is -2.35. The van der Waals surface area contributed by atoms with E-state index in [0.29, 0.717) is 17.5 Å². The van der Waals surface area contributed by atoms with Crippen molar-refractivity contribution >= 4 is 29.3 Å². The quantitative estimate of drug-likeness (QED) is 0.188. The van der Waals surface area contributed by atoms with Crippen LogP contribution in [0.4, 0.5) is 15.8 Å². The van der Waals surface area contributed by atoms with E-state index in [4.69, 9.17) is 9.47 Å². The van der Waals surface area contributed by atoms with E-state index in [0.717, 1.165) is 48.3 Å². The summed E-state index contributed by atoms with van der Waals surface area (Å²) in [5.41, 5.74) is 2.07. The number of anilines is 2. The number of benzene rings is 2. The van der Waals surface area contributed by atoms with Gasteiger partial charge in [0.1, 0.15) is 6.26 Å². The molecule has 6 nitrogen and oxygen atoms in total. The van der Waals surface area contributed by atoms with Crippen molar-refractivity contribution in [2.75, 3.05) is 32.2 Å². The summed E-state index contributed by atoms with van der Waals surface area (Å²) < 4.78 is 32.0. The van der Waals surface area contributed by atoms with Gasteiger partial charge in [-0.05, 0) is 44.5 Å². The van der Waals surface area contributed by atoms with Crippen LogP contribution in [0.3, 0.4) is 0 Å². The number of halogens is 1. The van der Waals surface area contributed by atoms with Crippen molar-refractivity contribution in [1.29, 1.82) is 0 Å². The van der Waals surface area contributed by atoms with Gasteiger partial charge in [-0.3, -0.25) is 0 Å². The van der Waals surface area contributed by atoms with E-state index in [-0.39, 0.29) is 6.61 Å². The first-order valence-electron chi connectivity index (χ1n) is 11.1. The van der Waals surface area contributed by atoms with Crippen LogP contribution in [-0.2, 0) is 9.53 Å². The zero-order chi connectivity index (χ0) is 23.8. The van der Waals surface area contributed by atoms with Crippen molar-refractivity contribution in [2.24, 2.45) is 0 Å². The molecule has 2 aromatic carbocycles. The molecular weight excluding hydrogens is 443 g/mol. The molecule has 1 aliphatic rings. The molecule has 0 aromatic heterocycles. The Hall–Kier alpha value is -2.71. The number of fused-ring (bicyclic) bond motifs is 1. The highest BCUT2D eigenvalue weighted by Gasteiger charge is 2.29. The average Bonchev–Trinajstić information content (AvgIpc) is 2.96. The number of nitrogens with zero attached hydrogens (tertiary/aromatic N) is 2. The molecule has 0 saturated carbocycles. The van der Waals surface area contributed by atoms with E-state index in [9.17, 15) is 9.18 Å². The van der Waals surface area contributed by atoms with Crippen molar-refractivity contribution in [2.45, 2.75) is 44.0 Å². The molecule has 0 spiro atoms. The summed E-state index contributed by atoms with van der Waals surface area (Å²) in [5.74, 6) is -1.41. The van der Waals surface area contributed by atoms with Crippen LogP contribution in [0.15, 0.2) is 59.4 Å². The Morgan fingerprint density at radius 3 is 2.64 bits per heavy atom. The minimum atomic E-state index is -1.11. The van der Waals surface area contributed by atoms with E-state index in [2.05, 4.69) is 40.0 Å². The van der Waals surface area contributed by atoms with E-state index < -0.39 is 11.8 Å². The van der Waals surface area contributed by atoms with Crippen LogP contribution in [0.2, 0.25) is 0 Å². The normalized spacial score (nSPS) is 16.7. The van der Waals surface area contributed by atoms with Crippen molar-refractivity contribution < 1.29 is 23.4 Å². The molecule has 2 aromatic rings. The fraction of sp³-hybridized carbons (Fsp3) is 0.400. The maximum absolute atomic E-state index is 14.0. The summed E-state index contributed by atoms with van der Waals surface area (Å²) in [6.45, 7) is 4.72. The lowest BCUT2D eigenvalue weighted by molar-refractivity contribution is -0.140. The van der Waals surface area contributed by atoms with Crippen LogP contribution < -0.4 is 14.4 Å². The summed E-state index contributed by atoms with van der Waals surface area (Å²) in [4.78, 5) is 14.8. The minimum Gasteiger partial charge on any atom is -0.493 e. The number of esters is 1. The summed E-state index contributed by atoms with van der Waals surface area (Å²) in [5, 5.41) is 0. The Morgan fingerprint density at radius 1 is 1.21 bits per heavy atom. The van der Waals surface area contributed by atoms with Gasteiger partial charge in [-0.15, -0.1) is 0 Å². The van der Waals surface area contributed by atoms with E-state index in [1.54, 1.807) is 18.9 Å². The maximum atomic E-state index is 14.0. The lowest BCUT2D eigenvalue weighted by atomic mass is 10.1. The average molecular weight is 475 g/mol. The monoisotopic (exact) mass is 474 g/mol. The van der Waals surface area contributed by atoms with Gasteiger partial charge in [-0.2, -0.15) is 4.39 Å². The first kappa shape index (κ1) is 24.9. The standard InChI is InChI=1S/C25H31FN2O4S/c1-5-7-11-19-16-28(18-12-9-8-10-13-18)21-14-22(30-4)23(15-24(21)33-27(19)3)32-17-20(26)25(29)31-6-2/h8-10,12-15,17,19H,5-7,11,16H2,1-4H3/b20-17-. The molecule has 0 fully saturated rings. The highest BCUT2D eigenvalue weighted by Crippen LogP contribution is 2.46. The zero-order valence-corrected chi connectivity index (χ0v) is 20.4. The van der Waals surface area contributed by atoms with Crippen molar-refractivity contribution in [3.63, 3.8) is 0 Å². The molecular formula is C25H31FN2O4S. The van der Waals surface area contributed by atoms with Gasteiger partial charge in [0.15, 0.2) is 11.5 Å². The molecule has 33 heavy (non-hydrogen) atoms. The van der Waals surface area contributed by atoms with Crippen LogP contribution in [0.25, 0.3) is 0 Å². The largest absolute Gasteiger partial charge is 0.493 e. The van der Waals surface area contributed by atoms with E-state index in [1.807, 2.05) is 30.3 Å². The molecule has 1 atom stereocenters. The van der Waals surface area contributed by atoms with E-state index >= 15 is 0 Å². The smallest absolute Gasteiger partial charge is 0.370 e. The van der Waals surface area contributed by atoms with Gasteiger partial charge in [-0.1, -0.05) is 38.0 Å². The second kappa shape index (κ2) is 12.0. The fourth-order valence-corrected chi connectivity index (χ4v) is 4.70. The van der Waals surface area contributed by atoms with Crippen LogP contribution in [0, 0.1) is 0 Å². The highest BCUT2D eigenvalue weighted by molar-refractivity contribution is 7.97. The topological polar surface area (TPSA) is 51.2 Å². The number of unbranched alkanes of at least 4 members (excludes halogenated alkanes) is 1.